The van der Waals surface area contributed by atoms with Crippen molar-refractivity contribution >= 4 is 11.9 Å². The van der Waals surface area contributed by atoms with E-state index in [2.05, 4.69) is 25.5 Å². The van der Waals surface area contributed by atoms with Crippen LogP contribution in [0.15, 0.2) is 29.5 Å². The van der Waals surface area contributed by atoms with Gasteiger partial charge in [-0.05, 0) is 19.1 Å². The zero-order valence-corrected chi connectivity index (χ0v) is 12.8. The second-order valence-electron chi connectivity index (χ2n) is 4.39. The van der Waals surface area contributed by atoms with Crippen LogP contribution >= 0.6 is 0 Å². The van der Waals surface area contributed by atoms with E-state index in [-0.39, 0.29) is 12.5 Å². The monoisotopic (exact) mass is 295 g/mol. The number of ether oxygens (including phenoxy) is 1. The Morgan fingerprint density at radius 1 is 1.19 bits per heavy atom. The van der Waals surface area contributed by atoms with Crippen LogP contribution in [-0.2, 0) is 16.1 Å². The van der Waals surface area contributed by atoms with Gasteiger partial charge in [-0.25, -0.2) is 4.99 Å². The number of hydrogen-bond donors (Lipinski definition) is 3. The molecule has 0 aliphatic heterocycles. The van der Waals surface area contributed by atoms with Gasteiger partial charge in [0.2, 0.25) is 5.91 Å². The molecule has 1 heterocycles. The van der Waals surface area contributed by atoms with Crippen molar-refractivity contribution in [1.29, 1.82) is 0 Å². The molecule has 0 spiro atoms. The van der Waals surface area contributed by atoms with Gasteiger partial charge >= 0.3 is 0 Å². The molecule has 0 saturated heterocycles. The Kier molecular flexibility index (Phi) is 8.70. The molecule has 7 nitrogen and oxygen atoms in total. The average molecular weight is 295 g/mol. The number of aromatic nitrogens is 1. The number of nitrogens with zero attached hydrogens (tertiary/aromatic N) is 2. The van der Waals surface area contributed by atoms with Gasteiger partial charge in [-0.1, -0.05) is 0 Å². The molecule has 1 aromatic rings. The summed E-state index contributed by atoms with van der Waals surface area (Å²) in [6, 6.07) is 3.98. The molecule has 1 aromatic heterocycles. The fourth-order valence-electron chi connectivity index (χ4n) is 1.66. The summed E-state index contributed by atoms with van der Waals surface area (Å²) < 4.78 is 6.94. The number of carbonyl (C=O) groups excluding carboxylic acids is 1. The topological polar surface area (TPSA) is 79.7 Å². The van der Waals surface area contributed by atoms with Crippen molar-refractivity contribution < 1.29 is 9.53 Å². The van der Waals surface area contributed by atoms with Crippen LogP contribution in [0.4, 0.5) is 0 Å². The van der Waals surface area contributed by atoms with E-state index >= 15 is 0 Å². The van der Waals surface area contributed by atoms with Gasteiger partial charge in [0.25, 0.3) is 0 Å². The highest BCUT2D eigenvalue weighted by molar-refractivity contribution is 5.84. The minimum atomic E-state index is -0.116. The summed E-state index contributed by atoms with van der Waals surface area (Å²) in [4.78, 5) is 15.8. The van der Waals surface area contributed by atoms with Crippen LogP contribution in [0.1, 0.15) is 6.92 Å². The number of methoxy groups -OCH3 is 1. The Bertz CT molecular complexity index is 417. The van der Waals surface area contributed by atoms with Gasteiger partial charge in [0.05, 0.1) is 6.61 Å². The highest BCUT2D eigenvalue weighted by atomic mass is 16.5. The Morgan fingerprint density at radius 3 is 2.62 bits per heavy atom. The van der Waals surface area contributed by atoms with Crippen LogP contribution in [0, 0.1) is 0 Å². The van der Waals surface area contributed by atoms with E-state index in [4.69, 9.17) is 4.74 Å². The largest absolute Gasteiger partial charge is 0.383 e. The Balaban J connectivity index is 2.29. The molecule has 1 amide bonds. The first kappa shape index (κ1) is 17.0. The van der Waals surface area contributed by atoms with Gasteiger partial charge in [0, 0.05) is 45.7 Å². The predicted molar refractivity (Wildman–Crippen MR) is 83.3 cm³/mol. The van der Waals surface area contributed by atoms with E-state index in [1.165, 1.54) is 0 Å². The van der Waals surface area contributed by atoms with Crippen LogP contribution in [0.5, 0.6) is 0 Å². The number of hydrogen-bond acceptors (Lipinski definition) is 3. The van der Waals surface area contributed by atoms with Crippen molar-refractivity contribution in [2.45, 2.75) is 13.5 Å². The Labute approximate surface area is 125 Å². The molecule has 0 bridgehead atoms. The molecule has 0 fully saturated rings. The van der Waals surface area contributed by atoms with Crippen molar-refractivity contribution in [2.75, 3.05) is 39.9 Å². The van der Waals surface area contributed by atoms with E-state index in [1.807, 2.05) is 31.5 Å². The van der Waals surface area contributed by atoms with Gasteiger partial charge in [0.1, 0.15) is 6.54 Å². The van der Waals surface area contributed by atoms with E-state index in [1.54, 1.807) is 7.11 Å². The third-order valence-corrected chi connectivity index (χ3v) is 2.68. The van der Waals surface area contributed by atoms with Gasteiger partial charge in [-0.15, -0.1) is 0 Å². The van der Waals surface area contributed by atoms with E-state index in [0.717, 1.165) is 19.6 Å². The summed E-state index contributed by atoms with van der Waals surface area (Å²) in [6.45, 7) is 5.43. The molecule has 1 rings (SSSR count). The van der Waals surface area contributed by atoms with Crippen molar-refractivity contribution in [2.24, 2.45) is 4.99 Å². The number of rotatable bonds is 9. The first-order valence-corrected chi connectivity index (χ1v) is 7.14. The van der Waals surface area contributed by atoms with E-state index in [0.29, 0.717) is 19.1 Å². The molecule has 0 saturated carbocycles. The molecule has 0 radical (unpaired) electrons. The van der Waals surface area contributed by atoms with E-state index in [9.17, 15) is 4.79 Å². The normalized spacial score (nSPS) is 11.2. The summed E-state index contributed by atoms with van der Waals surface area (Å²) >= 11 is 0. The quantitative estimate of drug-likeness (QED) is 0.335. The lowest BCUT2D eigenvalue weighted by atomic mass is 10.5. The summed E-state index contributed by atoms with van der Waals surface area (Å²) in [5, 5.41) is 9.03. The predicted octanol–water partition coefficient (Wildman–Crippen LogP) is -0.194. The Hall–Kier alpha value is -2.02. The van der Waals surface area contributed by atoms with Crippen molar-refractivity contribution in [3.8, 4) is 0 Å². The SMILES string of the molecule is CCNC(=NCC(=O)NCCOC)NCCn1cccc1. The summed E-state index contributed by atoms with van der Waals surface area (Å²) in [7, 11) is 1.60. The highest BCUT2D eigenvalue weighted by Gasteiger charge is 2.01. The molecule has 0 aromatic carbocycles. The standard InChI is InChI=1S/C14H25N5O2/c1-3-15-14(17-6-10-19-8-4-5-9-19)18-12-13(20)16-7-11-21-2/h4-5,8-9H,3,6-7,10-12H2,1-2H3,(H,16,20)(H2,15,17,18). The van der Waals surface area contributed by atoms with Gasteiger partial charge in [-0.2, -0.15) is 0 Å². The lowest BCUT2D eigenvalue weighted by Crippen LogP contribution is -2.40. The molecule has 3 N–H and O–H groups in total. The average Bonchev–Trinajstić information content (AvgIpc) is 2.98. The molecular formula is C14H25N5O2. The molecular weight excluding hydrogens is 270 g/mol. The zero-order chi connectivity index (χ0) is 15.3. The van der Waals surface area contributed by atoms with Gasteiger partial charge in [0.15, 0.2) is 5.96 Å². The maximum Gasteiger partial charge on any atom is 0.241 e. The summed E-state index contributed by atoms with van der Waals surface area (Å²) in [5.41, 5.74) is 0. The van der Waals surface area contributed by atoms with Gasteiger partial charge < -0.3 is 25.3 Å². The zero-order valence-electron chi connectivity index (χ0n) is 12.8. The summed E-state index contributed by atoms with van der Waals surface area (Å²) in [6.07, 6.45) is 4.02. The lowest BCUT2D eigenvalue weighted by Gasteiger charge is -2.11. The fourth-order valence-corrected chi connectivity index (χ4v) is 1.66. The molecule has 0 aliphatic carbocycles. The van der Waals surface area contributed by atoms with Crippen molar-refractivity contribution in [3.05, 3.63) is 24.5 Å². The number of aliphatic imine (C=N–C) groups is 1. The number of amides is 1. The maximum atomic E-state index is 11.6. The van der Waals surface area contributed by atoms with Crippen LogP contribution in [0.2, 0.25) is 0 Å². The first-order valence-electron chi connectivity index (χ1n) is 7.14. The second-order valence-corrected chi connectivity index (χ2v) is 4.39. The molecule has 0 unspecified atom stereocenters. The van der Waals surface area contributed by atoms with Crippen molar-refractivity contribution in [1.82, 2.24) is 20.5 Å². The third-order valence-electron chi connectivity index (χ3n) is 2.68. The molecule has 21 heavy (non-hydrogen) atoms. The summed E-state index contributed by atoms with van der Waals surface area (Å²) in [5.74, 6) is 0.529. The minimum absolute atomic E-state index is 0.0998. The first-order chi connectivity index (χ1) is 10.3. The molecule has 0 atom stereocenters. The highest BCUT2D eigenvalue weighted by Crippen LogP contribution is 1.88. The Morgan fingerprint density at radius 2 is 1.95 bits per heavy atom. The van der Waals surface area contributed by atoms with E-state index < -0.39 is 0 Å². The van der Waals surface area contributed by atoms with Crippen LogP contribution in [-0.4, -0.2) is 56.3 Å². The van der Waals surface area contributed by atoms with Crippen molar-refractivity contribution in [3.63, 3.8) is 0 Å². The number of carbonyl (C=O) groups is 1. The maximum absolute atomic E-state index is 11.6. The van der Waals surface area contributed by atoms with Crippen LogP contribution in [0.25, 0.3) is 0 Å². The fraction of sp³-hybridized carbons (Fsp3) is 0.571. The van der Waals surface area contributed by atoms with Crippen LogP contribution < -0.4 is 16.0 Å². The lowest BCUT2D eigenvalue weighted by molar-refractivity contribution is -0.119. The third kappa shape index (κ3) is 7.98. The number of nitrogens with one attached hydrogen (secondary N) is 3. The molecule has 118 valence electrons. The minimum Gasteiger partial charge on any atom is -0.383 e. The van der Waals surface area contributed by atoms with Gasteiger partial charge in [-0.3, -0.25) is 4.79 Å². The number of guanidine groups is 1. The van der Waals surface area contributed by atoms with Crippen LogP contribution in [0.3, 0.4) is 0 Å². The molecule has 7 heteroatoms. The molecule has 0 aliphatic rings. The second kappa shape index (κ2) is 10.7. The smallest absolute Gasteiger partial charge is 0.241 e.